The Hall–Kier alpha value is -4.51. The lowest BCUT2D eigenvalue weighted by molar-refractivity contribution is -0.160. The van der Waals surface area contributed by atoms with Crippen LogP contribution in [0.1, 0.15) is 51.7 Å². The second-order valence-electron chi connectivity index (χ2n) is 10.3. The molecule has 1 heterocycles. The number of nitrogens with one attached hydrogen (secondary N) is 1. The summed E-state index contributed by atoms with van der Waals surface area (Å²) in [5, 5.41) is 2.80. The zero-order valence-corrected chi connectivity index (χ0v) is 28.1. The number of rotatable bonds is 11. The number of amides is 2. The normalized spacial score (nSPS) is 15.5. The number of halogens is 3. The number of nitrogens with zero attached hydrogens (tertiary/aromatic N) is 2. The van der Waals surface area contributed by atoms with Gasteiger partial charge in [0.25, 0.3) is 0 Å². The summed E-state index contributed by atoms with van der Waals surface area (Å²) in [7, 11) is 2.94. The first-order valence-electron chi connectivity index (χ1n) is 15.1. The summed E-state index contributed by atoms with van der Waals surface area (Å²) in [6.45, 7) is 12.3. The van der Waals surface area contributed by atoms with Gasteiger partial charge in [0, 0.05) is 19.5 Å². The van der Waals surface area contributed by atoms with Crippen LogP contribution >= 0.6 is 0 Å². The van der Waals surface area contributed by atoms with Gasteiger partial charge in [-0.3, -0.25) is 9.69 Å². The van der Waals surface area contributed by atoms with Gasteiger partial charge >= 0.3 is 12.3 Å². The van der Waals surface area contributed by atoms with Crippen LogP contribution in [0.4, 0.5) is 18.0 Å². The van der Waals surface area contributed by atoms with Crippen LogP contribution in [0.5, 0.6) is 0 Å². The predicted molar refractivity (Wildman–Crippen MR) is 179 cm³/mol. The average Bonchev–Trinajstić information content (AvgIpc) is 3.07. The highest BCUT2D eigenvalue weighted by atomic mass is 19.4. The summed E-state index contributed by atoms with van der Waals surface area (Å²) in [6.07, 6.45) is 4.62. The number of aldehydes is 2. The number of alkyl halides is 3. The van der Waals surface area contributed by atoms with E-state index in [0.29, 0.717) is 31.2 Å². The van der Waals surface area contributed by atoms with Crippen molar-refractivity contribution in [2.45, 2.75) is 71.4 Å². The lowest BCUT2D eigenvalue weighted by Gasteiger charge is -2.51. The number of benzene rings is 2. The summed E-state index contributed by atoms with van der Waals surface area (Å²) in [6, 6.07) is 15.4. The van der Waals surface area contributed by atoms with Gasteiger partial charge in [0.2, 0.25) is 5.91 Å². The number of methoxy groups -OCH3 is 1. The molecule has 258 valence electrons. The third kappa shape index (κ3) is 15.6. The van der Waals surface area contributed by atoms with Gasteiger partial charge in [-0.2, -0.15) is 13.2 Å². The molecule has 1 N–H and O–H groups in total. The molecule has 2 aromatic carbocycles. The molecule has 0 radical (unpaired) electrons. The van der Waals surface area contributed by atoms with Gasteiger partial charge in [-0.15, -0.1) is 6.58 Å². The summed E-state index contributed by atoms with van der Waals surface area (Å²) in [5.74, 6) is -0.338. The zero-order chi connectivity index (χ0) is 35.8. The molecule has 47 heavy (non-hydrogen) atoms. The summed E-state index contributed by atoms with van der Waals surface area (Å²) in [4.78, 5) is 48.2. The molecule has 2 aromatic rings. The lowest BCUT2D eigenvalue weighted by atomic mass is 9.90. The van der Waals surface area contributed by atoms with Crippen LogP contribution in [-0.2, 0) is 31.8 Å². The second kappa shape index (κ2) is 23.8. The Labute approximate surface area is 277 Å². The van der Waals surface area contributed by atoms with Crippen molar-refractivity contribution in [3.63, 3.8) is 0 Å². The van der Waals surface area contributed by atoms with Gasteiger partial charge in [0.1, 0.15) is 18.6 Å². The van der Waals surface area contributed by atoms with Crippen molar-refractivity contribution < 1.29 is 37.1 Å². The van der Waals surface area contributed by atoms with Crippen LogP contribution < -0.4 is 5.32 Å². The van der Waals surface area contributed by atoms with Crippen LogP contribution in [0.15, 0.2) is 97.1 Å². The molecule has 0 saturated carbocycles. The Morgan fingerprint density at radius 2 is 1.70 bits per heavy atom. The molecule has 3 atom stereocenters. The monoisotopic (exact) mass is 659 g/mol. The molecule has 1 aliphatic heterocycles. The number of carbonyl (C=O) groups excluding carboxylic acids is 4. The zero-order valence-electron chi connectivity index (χ0n) is 28.1. The van der Waals surface area contributed by atoms with Gasteiger partial charge in [-0.05, 0) is 52.8 Å². The first kappa shape index (κ1) is 42.5. The number of likely N-dealkylation sites (N-methyl/N-ethyl adjacent to an activating group) is 1. The summed E-state index contributed by atoms with van der Waals surface area (Å²) in [5.41, 5.74) is 1.38. The first-order valence-corrected chi connectivity index (χ1v) is 15.1. The van der Waals surface area contributed by atoms with Gasteiger partial charge in [-0.25, -0.2) is 4.79 Å². The highest BCUT2D eigenvalue weighted by Gasteiger charge is 2.52. The minimum Gasteiger partial charge on any atom is -0.453 e. The first-order chi connectivity index (χ1) is 22.4. The molecule has 0 bridgehead atoms. The number of likely N-dealkylation sites (tertiary alicyclic amines) is 1. The number of hydrogen-bond donors (Lipinski definition) is 1. The average molecular weight is 660 g/mol. The van der Waals surface area contributed by atoms with Crippen molar-refractivity contribution in [1.82, 2.24) is 15.1 Å². The van der Waals surface area contributed by atoms with E-state index < -0.39 is 36.0 Å². The molecule has 0 aromatic heterocycles. The van der Waals surface area contributed by atoms with E-state index in [-0.39, 0.29) is 18.7 Å². The third-order valence-corrected chi connectivity index (χ3v) is 6.50. The molecule has 11 heteroatoms. The van der Waals surface area contributed by atoms with E-state index in [1.807, 2.05) is 55.5 Å². The van der Waals surface area contributed by atoms with E-state index in [4.69, 9.17) is 0 Å². The van der Waals surface area contributed by atoms with Crippen molar-refractivity contribution in [2.24, 2.45) is 0 Å². The molecule has 8 nitrogen and oxygen atoms in total. The molecule has 1 aliphatic rings. The van der Waals surface area contributed by atoms with Gasteiger partial charge in [0.05, 0.1) is 24.8 Å². The van der Waals surface area contributed by atoms with E-state index in [2.05, 4.69) is 36.6 Å². The molecular formula is C36H48F3N3O5. The molecule has 3 rings (SSSR count). The fraction of sp³-hybridized carbons (Fsp3) is 0.389. The summed E-state index contributed by atoms with van der Waals surface area (Å²) < 4.78 is 41.2. The van der Waals surface area contributed by atoms with Crippen molar-refractivity contribution in [2.75, 3.05) is 20.7 Å². The largest absolute Gasteiger partial charge is 0.453 e. The maximum absolute atomic E-state index is 12.3. The lowest BCUT2D eigenvalue weighted by Crippen LogP contribution is -2.73. The quantitative estimate of drug-likeness (QED) is 0.121. The molecule has 0 aliphatic carbocycles. The van der Waals surface area contributed by atoms with Crippen LogP contribution in [0, 0.1) is 0 Å². The molecule has 1 unspecified atom stereocenters. The maximum atomic E-state index is 12.3. The van der Waals surface area contributed by atoms with Gasteiger partial charge in [-0.1, -0.05) is 84.5 Å². The smallest absolute Gasteiger partial charge is 0.416 e. The molecule has 1 saturated heterocycles. The minimum atomic E-state index is -4.25. The highest BCUT2D eigenvalue weighted by molar-refractivity contribution is 5.95. The van der Waals surface area contributed by atoms with E-state index >= 15 is 0 Å². The third-order valence-electron chi connectivity index (χ3n) is 6.50. The standard InChI is InChI=1S/C14H20N2O5.C9H10F3N.C7H12.C6H6/c1-4-11-12(15(5-2)14(20)21-3)13(19)16(11)10(9-18)7-6-8-17;1-13-6-7-3-2-4-8(5-7)9(10,11)12;1-4-5-6-7(2)3;1-2-4-6-5-3-1/h4,8-12H,1,5-7H2,2-3H3;2-5,13H,6H2,1H3;4-6H,1-3H3;1-6H/b;;5-4-;/t10-,11-,12?;;;/m1.../s1. The van der Waals surface area contributed by atoms with Crippen molar-refractivity contribution in [1.29, 1.82) is 0 Å². The fourth-order valence-corrected chi connectivity index (χ4v) is 4.26. The molecular weight excluding hydrogens is 611 g/mol. The molecule has 2 amide bonds. The van der Waals surface area contributed by atoms with Crippen molar-refractivity contribution in [3.8, 4) is 0 Å². The Morgan fingerprint density at radius 1 is 1.11 bits per heavy atom. The van der Waals surface area contributed by atoms with E-state index in [1.54, 1.807) is 20.0 Å². The second-order valence-corrected chi connectivity index (χ2v) is 10.3. The van der Waals surface area contributed by atoms with Gasteiger partial charge in [0.15, 0.2) is 0 Å². The SMILES string of the molecule is C/C=C\C=C(C)C.C=C[C@@H]1C(N(CC)C(=O)OC)C(=O)N1[C@@H](C=O)CCC=O.CNCc1cccc(C(F)(F)F)c1.c1ccccc1. The predicted octanol–water partition coefficient (Wildman–Crippen LogP) is 7.03. The Kier molecular flexibility index (Phi) is 21.5. The van der Waals surface area contributed by atoms with E-state index in [1.165, 1.54) is 34.6 Å². The number of allylic oxidation sites excluding steroid dienone is 4. The van der Waals surface area contributed by atoms with E-state index in [9.17, 15) is 32.3 Å². The highest BCUT2D eigenvalue weighted by Crippen LogP contribution is 2.30. The fourth-order valence-electron chi connectivity index (χ4n) is 4.26. The number of carbonyl (C=O) groups is 4. The molecule has 0 spiro atoms. The van der Waals surface area contributed by atoms with Gasteiger partial charge < -0.3 is 24.5 Å². The maximum Gasteiger partial charge on any atom is 0.416 e. The van der Waals surface area contributed by atoms with E-state index in [0.717, 1.165) is 12.1 Å². The van der Waals surface area contributed by atoms with Crippen molar-refractivity contribution in [3.05, 3.63) is 108 Å². The number of β-lactam (4-membered cyclic amide) rings is 1. The number of ether oxygens (including phenoxy) is 1. The Bertz CT molecular complexity index is 1250. The van der Waals surface area contributed by atoms with Crippen molar-refractivity contribution >= 4 is 24.6 Å². The Balaban J connectivity index is 0.000000684. The topological polar surface area (TPSA) is 96.0 Å². The van der Waals surface area contributed by atoms with Crippen LogP contribution in [0.2, 0.25) is 0 Å². The van der Waals surface area contributed by atoms with Crippen LogP contribution in [0.3, 0.4) is 0 Å². The van der Waals surface area contributed by atoms with Crippen LogP contribution in [0.25, 0.3) is 0 Å². The Morgan fingerprint density at radius 3 is 2.09 bits per heavy atom. The summed E-state index contributed by atoms with van der Waals surface area (Å²) >= 11 is 0. The number of hydrogen-bond acceptors (Lipinski definition) is 6. The van der Waals surface area contributed by atoms with Crippen LogP contribution in [-0.4, -0.2) is 73.2 Å². The molecule has 1 fully saturated rings. The minimum absolute atomic E-state index is 0.191.